The molecule has 0 spiro atoms. The fraction of sp³-hybridized carbons (Fsp3) is 0.222. The zero-order chi connectivity index (χ0) is 8.97. The van der Waals surface area contributed by atoms with Crippen molar-refractivity contribution >= 4 is 5.69 Å². The van der Waals surface area contributed by atoms with Crippen LogP contribution in [-0.2, 0) is 6.61 Å². The number of nitrogens with zero attached hydrogens (tertiary/aromatic N) is 1. The fourth-order valence-corrected chi connectivity index (χ4v) is 0.994. The van der Waals surface area contributed by atoms with Crippen molar-refractivity contribution in [1.29, 1.82) is 5.26 Å². The molecule has 0 aliphatic rings. The number of aliphatic hydroxyl groups is 1. The smallest absolute Gasteiger partial charge is 0.101 e. The SMILES string of the molecule is CNc1cc(CO)ccc1C#N. The number of aliphatic hydroxyl groups excluding tert-OH is 1. The lowest BCUT2D eigenvalue weighted by Crippen LogP contribution is -1.94. The highest BCUT2D eigenvalue weighted by Gasteiger charge is 1.99. The van der Waals surface area contributed by atoms with Crippen LogP contribution in [0.2, 0.25) is 0 Å². The maximum atomic E-state index is 8.81. The summed E-state index contributed by atoms with van der Waals surface area (Å²) < 4.78 is 0. The van der Waals surface area contributed by atoms with E-state index >= 15 is 0 Å². The molecule has 3 nitrogen and oxygen atoms in total. The van der Waals surface area contributed by atoms with Crippen LogP contribution in [0.5, 0.6) is 0 Å². The summed E-state index contributed by atoms with van der Waals surface area (Å²) in [6, 6.07) is 7.24. The molecule has 0 saturated carbocycles. The summed E-state index contributed by atoms with van der Waals surface area (Å²) in [5.41, 5.74) is 2.15. The van der Waals surface area contributed by atoms with E-state index in [9.17, 15) is 0 Å². The fourth-order valence-electron chi connectivity index (χ4n) is 0.994. The molecule has 1 rings (SSSR count). The zero-order valence-corrected chi connectivity index (χ0v) is 6.83. The van der Waals surface area contributed by atoms with Crippen LogP contribution in [0.1, 0.15) is 11.1 Å². The Morgan fingerprint density at radius 3 is 2.83 bits per heavy atom. The molecule has 0 aliphatic carbocycles. The summed E-state index contributed by atoms with van der Waals surface area (Å²) in [7, 11) is 1.75. The van der Waals surface area contributed by atoms with Gasteiger partial charge in [0.15, 0.2) is 0 Å². The second-order valence-corrected chi connectivity index (χ2v) is 2.40. The second-order valence-electron chi connectivity index (χ2n) is 2.40. The van der Waals surface area contributed by atoms with E-state index in [4.69, 9.17) is 10.4 Å². The first-order chi connectivity index (χ1) is 5.81. The predicted octanol–water partition coefficient (Wildman–Crippen LogP) is 1.09. The van der Waals surface area contributed by atoms with Crippen molar-refractivity contribution in [3.63, 3.8) is 0 Å². The van der Waals surface area contributed by atoms with Gasteiger partial charge in [-0.2, -0.15) is 5.26 Å². The Morgan fingerprint density at radius 2 is 2.33 bits per heavy atom. The average molecular weight is 162 g/mol. The van der Waals surface area contributed by atoms with Crippen LogP contribution in [0.3, 0.4) is 0 Å². The molecule has 0 amide bonds. The van der Waals surface area contributed by atoms with E-state index in [1.807, 2.05) is 0 Å². The third-order valence-electron chi connectivity index (χ3n) is 1.66. The summed E-state index contributed by atoms with van der Waals surface area (Å²) in [5, 5.41) is 20.4. The molecule has 2 N–H and O–H groups in total. The minimum absolute atomic E-state index is 0.000385. The van der Waals surface area contributed by atoms with E-state index in [1.165, 1.54) is 0 Å². The van der Waals surface area contributed by atoms with Gasteiger partial charge in [0.25, 0.3) is 0 Å². The first-order valence-corrected chi connectivity index (χ1v) is 3.63. The number of hydrogen-bond acceptors (Lipinski definition) is 3. The van der Waals surface area contributed by atoms with Gasteiger partial charge in [0, 0.05) is 7.05 Å². The minimum atomic E-state index is 0.000385. The number of nitriles is 1. The molecular weight excluding hydrogens is 152 g/mol. The van der Waals surface area contributed by atoms with Gasteiger partial charge >= 0.3 is 0 Å². The van der Waals surface area contributed by atoms with Crippen molar-refractivity contribution in [3.05, 3.63) is 29.3 Å². The van der Waals surface area contributed by atoms with Crippen LogP contribution in [0.25, 0.3) is 0 Å². The molecule has 0 radical (unpaired) electrons. The van der Waals surface area contributed by atoms with Crippen molar-refractivity contribution in [2.75, 3.05) is 12.4 Å². The normalized spacial score (nSPS) is 9.08. The molecule has 1 aromatic carbocycles. The number of anilines is 1. The summed E-state index contributed by atoms with van der Waals surface area (Å²) in [4.78, 5) is 0. The van der Waals surface area contributed by atoms with Crippen molar-refractivity contribution in [2.24, 2.45) is 0 Å². The third-order valence-corrected chi connectivity index (χ3v) is 1.66. The van der Waals surface area contributed by atoms with Gasteiger partial charge in [0.05, 0.1) is 17.9 Å². The van der Waals surface area contributed by atoms with E-state index in [1.54, 1.807) is 25.2 Å². The Morgan fingerprint density at radius 1 is 1.58 bits per heavy atom. The lowest BCUT2D eigenvalue weighted by atomic mass is 10.1. The molecule has 0 aliphatic heterocycles. The highest BCUT2D eigenvalue weighted by molar-refractivity contribution is 5.58. The molecule has 0 heterocycles. The van der Waals surface area contributed by atoms with Crippen molar-refractivity contribution in [1.82, 2.24) is 0 Å². The molecule has 0 atom stereocenters. The Balaban J connectivity index is 3.13. The molecule has 12 heavy (non-hydrogen) atoms. The molecule has 3 heteroatoms. The minimum Gasteiger partial charge on any atom is -0.392 e. The van der Waals surface area contributed by atoms with Crippen LogP contribution >= 0.6 is 0 Å². The predicted molar refractivity (Wildman–Crippen MR) is 46.6 cm³/mol. The number of hydrogen-bond donors (Lipinski definition) is 2. The lowest BCUT2D eigenvalue weighted by molar-refractivity contribution is 0.282. The van der Waals surface area contributed by atoms with E-state index < -0.39 is 0 Å². The summed E-state index contributed by atoms with van der Waals surface area (Å²) in [5.74, 6) is 0. The first-order valence-electron chi connectivity index (χ1n) is 3.63. The summed E-state index contributed by atoms with van der Waals surface area (Å²) in [6.45, 7) is 0.000385. The van der Waals surface area contributed by atoms with Gasteiger partial charge in [0.2, 0.25) is 0 Å². The molecule has 0 bridgehead atoms. The Labute approximate surface area is 71.3 Å². The summed E-state index contributed by atoms with van der Waals surface area (Å²) >= 11 is 0. The number of nitrogens with one attached hydrogen (secondary N) is 1. The standard InChI is InChI=1S/C9H10N2O/c1-11-9-4-7(6-12)2-3-8(9)5-10/h2-4,11-12H,6H2,1H3. The van der Waals surface area contributed by atoms with Crippen LogP contribution in [0.4, 0.5) is 5.69 Å². The highest BCUT2D eigenvalue weighted by atomic mass is 16.3. The van der Waals surface area contributed by atoms with Crippen LogP contribution in [0.15, 0.2) is 18.2 Å². The monoisotopic (exact) mass is 162 g/mol. The van der Waals surface area contributed by atoms with Gasteiger partial charge < -0.3 is 10.4 Å². The number of rotatable bonds is 2. The van der Waals surface area contributed by atoms with Crippen LogP contribution in [-0.4, -0.2) is 12.2 Å². The molecule has 0 aromatic heterocycles. The van der Waals surface area contributed by atoms with Gasteiger partial charge in [-0.1, -0.05) is 6.07 Å². The first kappa shape index (κ1) is 8.57. The zero-order valence-electron chi connectivity index (χ0n) is 6.83. The molecule has 1 aromatic rings. The lowest BCUT2D eigenvalue weighted by Gasteiger charge is -2.04. The molecular formula is C9H10N2O. The Hall–Kier alpha value is -1.53. The van der Waals surface area contributed by atoms with Gasteiger partial charge in [-0.05, 0) is 17.7 Å². The average Bonchev–Trinajstić information content (AvgIpc) is 2.16. The Bertz CT molecular complexity index is 315. The number of benzene rings is 1. The quantitative estimate of drug-likeness (QED) is 0.684. The topological polar surface area (TPSA) is 56.0 Å². The van der Waals surface area contributed by atoms with Crippen molar-refractivity contribution in [3.8, 4) is 6.07 Å². The molecule has 0 saturated heterocycles. The van der Waals surface area contributed by atoms with E-state index in [-0.39, 0.29) is 6.61 Å². The third kappa shape index (κ3) is 1.55. The van der Waals surface area contributed by atoms with E-state index in [2.05, 4.69) is 11.4 Å². The van der Waals surface area contributed by atoms with E-state index in [0.29, 0.717) is 5.56 Å². The molecule has 0 fully saturated rings. The van der Waals surface area contributed by atoms with Crippen LogP contribution < -0.4 is 5.32 Å². The second kappa shape index (κ2) is 3.74. The van der Waals surface area contributed by atoms with Crippen LogP contribution in [0, 0.1) is 11.3 Å². The Kier molecular flexibility index (Phi) is 2.67. The molecule has 62 valence electrons. The summed E-state index contributed by atoms with van der Waals surface area (Å²) in [6.07, 6.45) is 0. The maximum Gasteiger partial charge on any atom is 0.101 e. The maximum absolute atomic E-state index is 8.81. The highest BCUT2D eigenvalue weighted by Crippen LogP contribution is 2.15. The van der Waals surface area contributed by atoms with Crippen molar-refractivity contribution in [2.45, 2.75) is 6.61 Å². The van der Waals surface area contributed by atoms with Gasteiger partial charge in [0.1, 0.15) is 6.07 Å². The molecule has 0 unspecified atom stereocenters. The van der Waals surface area contributed by atoms with E-state index in [0.717, 1.165) is 11.3 Å². The van der Waals surface area contributed by atoms with Gasteiger partial charge in [-0.15, -0.1) is 0 Å². The van der Waals surface area contributed by atoms with Gasteiger partial charge in [-0.25, -0.2) is 0 Å². The van der Waals surface area contributed by atoms with Crippen molar-refractivity contribution < 1.29 is 5.11 Å². The van der Waals surface area contributed by atoms with Gasteiger partial charge in [-0.3, -0.25) is 0 Å². The largest absolute Gasteiger partial charge is 0.392 e.